The Morgan fingerprint density at radius 2 is 2.07 bits per heavy atom. The third-order valence-corrected chi connectivity index (χ3v) is 6.57. The second-order valence-corrected chi connectivity index (χ2v) is 8.41. The molecule has 1 saturated carbocycles. The molecule has 4 heterocycles. The van der Waals surface area contributed by atoms with Crippen molar-refractivity contribution in [3.05, 3.63) is 46.7 Å². The summed E-state index contributed by atoms with van der Waals surface area (Å²) in [5, 5.41) is 4.26. The van der Waals surface area contributed by atoms with Gasteiger partial charge in [0.1, 0.15) is 33.5 Å². The normalized spacial score (nSPS) is 14.4. The highest BCUT2D eigenvalue weighted by atomic mass is 32.1. The van der Waals surface area contributed by atoms with E-state index < -0.39 is 0 Å². The van der Waals surface area contributed by atoms with Gasteiger partial charge in [-0.05, 0) is 31.0 Å². The lowest BCUT2D eigenvalue weighted by atomic mass is 10.3. The first kappa shape index (κ1) is 15.2. The molecule has 1 N–H and O–H groups in total. The molecule has 132 valence electrons. The van der Waals surface area contributed by atoms with Gasteiger partial charge in [-0.15, -0.1) is 22.7 Å². The zero-order chi connectivity index (χ0) is 18.0. The number of benzene rings is 1. The Hall–Kier alpha value is -2.91. The van der Waals surface area contributed by atoms with Crippen LogP contribution in [0.2, 0.25) is 0 Å². The van der Waals surface area contributed by atoms with E-state index in [1.807, 2.05) is 18.2 Å². The van der Waals surface area contributed by atoms with Crippen LogP contribution in [0, 0.1) is 0 Å². The summed E-state index contributed by atoms with van der Waals surface area (Å²) in [6, 6.07) is 6.27. The molecule has 0 unspecified atom stereocenters. The highest BCUT2D eigenvalue weighted by Crippen LogP contribution is 2.35. The molecule has 27 heavy (non-hydrogen) atoms. The van der Waals surface area contributed by atoms with Gasteiger partial charge in [-0.25, -0.2) is 19.9 Å². The van der Waals surface area contributed by atoms with E-state index in [4.69, 9.17) is 0 Å². The number of hydrogen-bond donors (Lipinski definition) is 1. The number of hydrogen-bond acceptors (Lipinski definition) is 8. The molecule has 0 amide bonds. The highest BCUT2D eigenvalue weighted by molar-refractivity contribution is 7.25. The van der Waals surface area contributed by atoms with Crippen molar-refractivity contribution in [3.63, 3.8) is 0 Å². The molecule has 1 aliphatic carbocycles. The average molecular weight is 392 g/mol. The third-order valence-electron chi connectivity index (χ3n) is 4.69. The number of aromatic nitrogens is 5. The number of nitrogens with one attached hydrogen (secondary N) is 1. The molecule has 0 bridgehead atoms. The van der Waals surface area contributed by atoms with E-state index in [2.05, 4.69) is 25.3 Å². The van der Waals surface area contributed by atoms with Gasteiger partial charge in [0.2, 0.25) is 0 Å². The number of thiazole rings is 1. The second-order valence-electron chi connectivity index (χ2n) is 6.52. The molecule has 0 radical (unpaired) electrons. The van der Waals surface area contributed by atoms with Gasteiger partial charge in [0.05, 0.1) is 26.8 Å². The molecule has 9 heteroatoms. The van der Waals surface area contributed by atoms with E-state index in [9.17, 15) is 4.79 Å². The lowest BCUT2D eigenvalue weighted by Gasteiger charge is -2.06. The van der Waals surface area contributed by atoms with Crippen molar-refractivity contribution in [1.82, 2.24) is 24.5 Å². The van der Waals surface area contributed by atoms with Crippen LogP contribution in [0.5, 0.6) is 0 Å². The van der Waals surface area contributed by atoms with Crippen LogP contribution in [0.3, 0.4) is 0 Å². The van der Waals surface area contributed by atoms with Gasteiger partial charge in [0.15, 0.2) is 0 Å². The van der Waals surface area contributed by atoms with Crippen molar-refractivity contribution >= 4 is 59.1 Å². The van der Waals surface area contributed by atoms with E-state index in [0.29, 0.717) is 16.3 Å². The van der Waals surface area contributed by atoms with E-state index in [-0.39, 0.29) is 5.56 Å². The summed E-state index contributed by atoms with van der Waals surface area (Å²) >= 11 is 2.94. The number of rotatable bonds is 3. The maximum absolute atomic E-state index is 13.2. The average Bonchev–Trinajstić information content (AvgIpc) is 3.23. The van der Waals surface area contributed by atoms with Crippen molar-refractivity contribution in [2.45, 2.75) is 18.9 Å². The Balaban J connectivity index is 1.59. The van der Waals surface area contributed by atoms with Crippen molar-refractivity contribution in [2.75, 3.05) is 5.32 Å². The summed E-state index contributed by atoms with van der Waals surface area (Å²) in [5.41, 5.74) is 4.00. The topological polar surface area (TPSA) is 85.6 Å². The van der Waals surface area contributed by atoms with Gasteiger partial charge in [-0.3, -0.25) is 9.36 Å². The zero-order valence-electron chi connectivity index (χ0n) is 13.9. The SMILES string of the molecule is O=c1c2sc3ncnc(NC4CC4)c3c2ncn1-c1ccc2scnc2c1. The molecule has 0 aliphatic heterocycles. The summed E-state index contributed by atoms with van der Waals surface area (Å²) in [6.45, 7) is 0. The van der Waals surface area contributed by atoms with Crippen LogP contribution in [0.1, 0.15) is 12.8 Å². The lowest BCUT2D eigenvalue weighted by Crippen LogP contribution is -2.17. The van der Waals surface area contributed by atoms with Crippen LogP contribution >= 0.6 is 22.7 Å². The Morgan fingerprint density at radius 1 is 1.15 bits per heavy atom. The lowest BCUT2D eigenvalue weighted by molar-refractivity contribution is 0.969. The van der Waals surface area contributed by atoms with Crippen LogP contribution in [-0.2, 0) is 0 Å². The number of thiophene rings is 1. The van der Waals surface area contributed by atoms with Gasteiger partial charge in [0, 0.05) is 6.04 Å². The maximum Gasteiger partial charge on any atom is 0.275 e. The minimum atomic E-state index is -0.102. The fraction of sp³-hybridized carbons (Fsp3) is 0.167. The molecule has 7 nitrogen and oxygen atoms in total. The second kappa shape index (κ2) is 5.54. The minimum Gasteiger partial charge on any atom is -0.367 e. The van der Waals surface area contributed by atoms with Crippen molar-refractivity contribution < 1.29 is 0 Å². The van der Waals surface area contributed by atoms with Gasteiger partial charge < -0.3 is 5.32 Å². The molecule has 1 aliphatic rings. The van der Waals surface area contributed by atoms with Gasteiger partial charge in [-0.1, -0.05) is 0 Å². The van der Waals surface area contributed by atoms with E-state index in [0.717, 1.165) is 44.8 Å². The molecule has 1 fully saturated rings. The fourth-order valence-corrected chi connectivity index (χ4v) is 4.86. The molecule has 1 aromatic carbocycles. The van der Waals surface area contributed by atoms with E-state index >= 15 is 0 Å². The van der Waals surface area contributed by atoms with Crippen molar-refractivity contribution in [1.29, 1.82) is 0 Å². The molecule has 6 rings (SSSR count). The van der Waals surface area contributed by atoms with Crippen LogP contribution < -0.4 is 10.9 Å². The Labute approximate surface area is 160 Å². The number of fused-ring (bicyclic) bond motifs is 4. The molecular weight excluding hydrogens is 380 g/mol. The summed E-state index contributed by atoms with van der Waals surface area (Å²) in [6.07, 6.45) is 5.41. The first-order chi connectivity index (χ1) is 13.3. The quantitative estimate of drug-likeness (QED) is 0.505. The van der Waals surface area contributed by atoms with Crippen LogP contribution in [-0.4, -0.2) is 30.5 Å². The largest absolute Gasteiger partial charge is 0.367 e. The van der Waals surface area contributed by atoms with Crippen LogP contribution in [0.15, 0.2) is 41.2 Å². The van der Waals surface area contributed by atoms with E-state index in [1.54, 1.807) is 27.7 Å². The molecule has 0 spiro atoms. The van der Waals surface area contributed by atoms with E-state index in [1.165, 1.54) is 17.7 Å². The zero-order valence-corrected chi connectivity index (χ0v) is 15.5. The molecule has 0 atom stereocenters. The number of anilines is 1. The van der Waals surface area contributed by atoms with Gasteiger partial charge >= 0.3 is 0 Å². The standard InChI is InChI=1S/C18H12N6OS2/c25-18-15-14(13-16(23-9-1-2-9)19-6-20-17(13)27-15)21-7-24(18)10-3-4-12-11(5-10)22-8-26-12/h3-9H,1-2H2,(H,19,20,23). The maximum atomic E-state index is 13.2. The summed E-state index contributed by atoms with van der Waals surface area (Å²) in [5.74, 6) is 0.766. The summed E-state index contributed by atoms with van der Waals surface area (Å²) < 4.78 is 3.25. The summed E-state index contributed by atoms with van der Waals surface area (Å²) in [7, 11) is 0. The predicted octanol–water partition coefficient (Wildman–Crippen LogP) is 3.57. The van der Waals surface area contributed by atoms with Crippen LogP contribution in [0.25, 0.3) is 36.3 Å². The Morgan fingerprint density at radius 3 is 2.96 bits per heavy atom. The Kier molecular flexibility index (Phi) is 3.12. The summed E-state index contributed by atoms with van der Waals surface area (Å²) in [4.78, 5) is 31.6. The first-order valence-electron chi connectivity index (χ1n) is 8.53. The first-order valence-corrected chi connectivity index (χ1v) is 10.2. The fourth-order valence-electron chi connectivity index (χ4n) is 3.17. The smallest absolute Gasteiger partial charge is 0.275 e. The molecule has 4 aromatic heterocycles. The van der Waals surface area contributed by atoms with Gasteiger partial charge in [-0.2, -0.15) is 0 Å². The van der Waals surface area contributed by atoms with Gasteiger partial charge in [0.25, 0.3) is 5.56 Å². The monoisotopic (exact) mass is 392 g/mol. The van der Waals surface area contributed by atoms with Crippen molar-refractivity contribution in [3.8, 4) is 5.69 Å². The molecule has 5 aromatic rings. The van der Waals surface area contributed by atoms with Crippen LogP contribution in [0.4, 0.5) is 5.82 Å². The molecular formula is C18H12N6OS2. The minimum absolute atomic E-state index is 0.102. The predicted molar refractivity (Wildman–Crippen MR) is 108 cm³/mol. The Bertz CT molecular complexity index is 1400. The third kappa shape index (κ3) is 2.35. The van der Waals surface area contributed by atoms with Crippen molar-refractivity contribution in [2.24, 2.45) is 0 Å². The molecule has 0 saturated heterocycles. The number of nitrogens with zero attached hydrogens (tertiary/aromatic N) is 5. The highest BCUT2D eigenvalue weighted by Gasteiger charge is 2.24.